The maximum atomic E-state index is 12.1. The second-order valence-corrected chi connectivity index (χ2v) is 4.60. The molecule has 1 unspecified atom stereocenters. The molecule has 1 amide bonds. The van der Waals surface area contributed by atoms with E-state index in [2.05, 4.69) is 0 Å². The number of carbonyl (C=O) groups excluding carboxylic acids is 1. The summed E-state index contributed by atoms with van der Waals surface area (Å²) in [7, 11) is 0. The smallest absolute Gasteiger partial charge is 0.263 e. The normalized spacial score (nSPS) is 11.7. The molecule has 19 heavy (non-hydrogen) atoms. The number of nitrogens with two attached hydrogens (primary N) is 1. The van der Waals surface area contributed by atoms with Crippen LogP contribution in [0.1, 0.15) is 26.3 Å². The maximum absolute atomic E-state index is 12.1. The van der Waals surface area contributed by atoms with Crippen LogP contribution in [-0.4, -0.2) is 35.0 Å². The zero-order chi connectivity index (χ0) is 14.4. The Hall–Kier alpha value is -1.62. The molecule has 0 fully saturated rings. The molecule has 0 bridgehead atoms. The van der Waals surface area contributed by atoms with Gasteiger partial charge >= 0.3 is 0 Å². The molecule has 0 aliphatic heterocycles. The molecule has 5 heteroatoms. The van der Waals surface area contributed by atoms with Gasteiger partial charge < -0.3 is 15.4 Å². The van der Waals surface area contributed by atoms with Crippen LogP contribution in [-0.2, 0) is 4.79 Å². The van der Waals surface area contributed by atoms with Crippen molar-refractivity contribution in [3.8, 4) is 5.75 Å². The van der Waals surface area contributed by atoms with E-state index in [4.69, 9.17) is 22.7 Å². The number of ether oxygens (including phenoxy) is 1. The van der Waals surface area contributed by atoms with E-state index < -0.39 is 6.10 Å². The third kappa shape index (κ3) is 4.21. The largest absolute Gasteiger partial charge is 0.481 e. The first kappa shape index (κ1) is 15.4. The average Bonchev–Trinajstić information content (AvgIpc) is 2.40. The van der Waals surface area contributed by atoms with Gasteiger partial charge in [-0.25, -0.2) is 0 Å². The molecular formula is C14H20N2O2S. The van der Waals surface area contributed by atoms with Crippen molar-refractivity contribution >= 4 is 23.1 Å². The van der Waals surface area contributed by atoms with Gasteiger partial charge in [-0.05, 0) is 32.9 Å². The van der Waals surface area contributed by atoms with Crippen molar-refractivity contribution in [3.05, 3.63) is 29.8 Å². The van der Waals surface area contributed by atoms with E-state index in [9.17, 15) is 4.79 Å². The fourth-order valence-corrected chi connectivity index (χ4v) is 1.90. The summed E-state index contributed by atoms with van der Waals surface area (Å²) in [5.41, 5.74) is 6.30. The monoisotopic (exact) mass is 280 g/mol. The van der Waals surface area contributed by atoms with Crippen LogP contribution in [0.15, 0.2) is 24.3 Å². The van der Waals surface area contributed by atoms with Gasteiger partial charge in [0, 0.05) is 18.7 Å². The molecule has 0 radical (unpaired) electrons. The highest BCUT2D eigenvalue weighted by molar-refractivity contribution is 7.80. The number of amides is 1. The van der Waals surface area contributed by atoms with Gasteiger partial charge in [0.15, 0.2) is 6.10 Å². The molecule has 4 nitrogen and oxygen atoms in total. The second-order valence-electron chi connectivity index (χ2n) is 4.16. The minimum atomic E-state index is -0.526. The number of benzene rings is 1. The molecule has 104 valence electrons. The van der Waals surface area contributed by atoms with E-state index >= 15 is 0 Å². The molecule has 1 rings (SSSR count). The fraction of sp³-hybridized carbons (Fsp3) is 0.429. The van der Waals surface area contributed by atoms with Gasteiger partial charge in [-0.15, -0.1) is 0 Å². The summed E-state index contributed by atoms with van der Waals surface area (Å²) in [4.78, 5) is 14.1. The first-order valence-electron chi connectivity index (χ1n) is 6.34. The van der Waals surface area contributed by atoms with E-state index in [1.54, 1.807) is 30.0 Å². The van der Waals surface area contributed by atoms with Gasteiger partial charge in [-0.1, -0.05) is 24.4 Å². The zero-order valence-corrected chi connectivity index (χ0v) is 12.4. The summed E-state index contributed by atoms with van der Waals surface area (Å²) in [6.07, 6.45) is -0.526. The Labute approximate surface area is 119 Å². The van der Waals surface area contributed by atoms with Crippen molar-refractivity contribution in [2.75, 3.05) is 13.1 Å². The summed E-state index contributed by atoms with van der Waals surface area (Å²) >= 11 is 4.91. The Kier molecular flexibility index (Phi) is 5.76. The van der Waals surface area contributed by atoms with Crippen molar-refractivity contribution in [1.82, 2.24) is 4.90 Å². The van der Waals surface area contributed by atoms with Crippen molar-refractivity contribution in [1.29, 1.82) is 0 Å². The Morgan fingerprint density at radius 3 is 2.58 bits per heavy atom. The molecule has 0 aliphatic carbocycles. The minimum absolute atomic E-state index is 0.0225. The lowest BCUT2D eigenvalue weighted by molar-refractivity contribution is -0.137. The lowest BCUT2D eigenvalue weighted by atomic mass is 10.2. The van der Waals surface area contributed by atoms with E-state index in [1.165, 1.54) is 0 Å². The summed E-state index contributed by atoms with van der Waals surface area (Å²) < 4.78 is 5.65. The van der Waals surface area contributed by atoms with Crippen molar-refractivity contribution in [2.24, 2.45) is 5.73 Å². The van der Waals surface area contributed by atoms with Gasteiger partial charge in [0.1, 0.15) is 10.7 Å². The SMILES string of the molecule is CCN(CC)C(=O)C(C)Oc1cccc(C(N)=S)c1. The summed E-state index contributed by atoms with van der Waals surface area (Å²) in [5.74, 6) is 0.573. The minimum Gasteiger partial charge on any atom is -0.481 e. The maximum Gasteiger partial charge on any atom is 0.263 e. The Morgan fingerprint density at radius 1 is 1.42 bits per heavy atom. The van der Waals surface area contributed by atoms with Crippen LogP contribution in [0.5, 0.6) is 5.75 Å². The molecule has 0 heterocycles. The van der Waals surface area contributed by atoms with Crippen molar-refractivity contribution < 1.29 is 9.53 Å². The third-order valence-electron chi connectivity index (χ3n) is 2.85. The highest BCUT2D eigenvalue weighted by Crippen LogP contribution is 2.15. The lowest BCUT2D eigenvalue weighted by Crippen LogP contribution is -2.40. The zero-order valence-electron chi connectivity index (χ0n) is 11.6. The topological polar surface area (TPSA) is 55.6 Å². The fourth-order valence-electron chi connectivity index (χ4n) is 1.77. The lowest BCUT2D eigenvalue weighted by Gasteiger charge is -2.23. The predicted octanol–water partition coefficient (Wildman–Crippen LogP) is 1.96. The van der Waals surface area contributed by atoms with Crippen molar-refractivity contribution in [3.63, 3.8) is 0 Å². The number of rotatable bonds is 6. The van der Waals surface area contributed by atoms with E-state index in [0.29, 0.717) is 23.8 Å². The van der Waals surface area contributed by atoms with Crippen LogP contribution in [0.2, 0.25) is 0 Å². The van der Waals surface area contributed by atoms with E-state index in [0.717, 1.165) is 5.56 Å². The Bertz CT molecular complexity index is 459. The van der Waals surface area contributed by atoms with Gasteiger partial charge in [-0.3, -0.25) is 4.79 Å². The predicted molar refractivity (Wildman–Crippen MR) is 80.3 cm³/mol. The summed E-state index contributed by atoms with van der Waals surface area (Å²) in [6, 6.07) is 7.15. The number of likely N-dealkylation sites (N-methyl/N-ethyl adjacent to an activating group) is 1. The molecular weight excluding hydrogens is 260 g/mol. The number of carbonyl (C=O) groups is 1. The van der Waals surface area contributed by atoms with Crippen LogP contribution < -0.4 is 10.5 Å². The number of hydrogen-bond acceptors (Lipinski definition) is 3. The quantitative estimate of drug-likeness (QED) is 0.809. The molecule has 0 saturated carbocycles. The van der Waals surface area contributed by atoms with Crippen LogP contribution in [0.25, 0.3) is 0 Å². The van der Waals surface area contributed by atoms with E-state index in [-0.39, 0.29) is 5.91 Å². The Morgan fingerprint density at radius 2 is 2.05 bits per heavy atom. The standard InChI is InChI=1S/C14H20N2O2S/c1-4-16(5-2)14(17)10(3)18-12-8-6-7-11(9-12)13(15)19/h6-10H,4-5H2,1-3H3,(H2,15,19). The molecule has 0 saturated heterocycles. The van der Waals surface area contributed by atoms with Crippen LogP contribution in [0, 0.1) is 0 Å². The molecule has 1 aromatic rings. The molecule has 0 spiro atoms. The van der Waals surface area contributed by atoms with Crippen LogP contribution >= 0.6 is 12.2 Å². The van der Waals surface area contributed by atoms with Gasteiger partial charge in [0.2, 0.25) is 0 Å². The van der Waals surface area contributed by atoms with Crippen molar-refractivity contribution in [2.45, 2.75) is 26.9 Å². The average molecular weight is 280 g/mol. The van der Waals surface area contributed by atoms with Gasteiger partial charge in [-0.2, -0.15) is 0 Å². The molecule has 0 aliphatic rings. The summed E-state index contributed by atoms with van der Waals surface area (Å²) in [5, 5.41) is 0. The van der Waals surface area contributed by atoms with Crippen LogP contribution in [0.4, 0.5) is 0 Å². The van der Waals surface area contributed by atoms with Gasteiger partial charge in [0.05, 0.1) is 0 Å². The third-order valence-corrected chi connectivity index (χ3v) is 3.09. The molecule has 2 N–H and O–H groups in total. The first-order valence-corrected chi connectivity index (χ1v) is 6.75. The van der Waals surface area contributed by atoms with Crippen LogP contribution in [0.3, 0.4) is 0 Å². The molecule has 1 atom stereocenters. The number of hydrogen-bond donors (Lipinski definition) is 1. The highest BCUT2D eigenvalue weighted by atomic mass is 32.1. The number of nitrogens with zero attached hydrogens (tertiary/aromatic N) is 1. The highest BCUT2D eigenvalue weighted by Gasteiger charge is 2.19. The first-order chi connectivity index (χ1) is 8.99. The van der Waals surface area contributed by atoms with Gasteiger partial charge in [0.25, 0.3) is 5.91 Å². The molecule has 1 aromatic carbocycles. The number of thiocarbonyl (C=S) groups is 1. The Balaban J connectivity index is 2.76. The molecule has 0 aromatic heterocycles. The van der Waals surface area contributed by atoms with E-state index in [1.807, 2.05) is 19.9 Å². The summed E-state index contributed by atoms with van der Waals surface area (Å²) in [6.45, 7) is 6.99. The second kappa shape index (κ2) is 7.09.